The van der Waals surface area contributed by atoms with Crippen LogP contribution in [0.5, 0.6) is 0 Å². The van der Waals surface area contributed by atoms with E-state index < -0.39 is 32.6 Å². The van der Waals surface area contributed by atoms with E-state index >= 15 is 0 Å². The van der Waals surface area contributed by atoms with E-state index in [1.54, 1.807) is 0 Å². The van der Waals surface area contributed by atoms with Crippen molar-refractivity contribution in [2.75, 3.05) is 39.3 Å². The predicted octanol–water partition coefficient (Wildman–Crippen LogP) is 3.02. The topological polar surface area (TPSA) is 60.9 Å². The van der Waals surface area contributed by atoms with Crippen molar-refractivity contribution in [3.05, 3.63) is 65.7 Å². The molecule has 0 bridgehead atoms. The quantitative estimate of drug-likeness (QED) is 0.684. The highest BCUT2D eigenvalue weighted by atomic mass is 32.2. The SMILES string of the molecule is O=C(C(c1ccccc1)N1CCN(S(=O)(=O)c2ccc(F)cc2F)CC1)N1CCCCC1. The molecule has 0 N–H and O–H groups in total. The Hall–Kier alpha value is -2.36. The monoisotopic (exact) mass is 463 g/mol. The fourth-order valence-corrected chi connectivity index (χ4v) is 5.93. The lowest BCUT2D eigenvalue weighted by Crippen LogP contribution is -2.53. The lowest BCUT2D eigenvalue weighted by Gasteiger charge is -2.40. The molecule has 0 spiro atoms. The van der Waals surface area contributed by atoms with Gasteiger partial charge in [0.25, 0.3) is 0 Å². The first-order valence-electron chi connectivity index (χ1n) is 10.9. The van der Waals surface area contributed by atoms with Crippen LogP contribution in [0.2, 0.25) is 0 Å². The molecule has 4 rings (SSSR count). The number of hydrogen-bond acceptors (Lipinski definition) is 4. The third-order valence-electron chi connectivity index (χ3n) is 6.17. The Labute approximate surface area is 187 Å². The van der Waals surface area contributed by atoms with Crippen LogP contribution < -0.4 is 0 Å². The van der Waals surface area contributed by atoms with E-state index in [1.807, 2.05) is 40.1 Å². The maximum Gasteiger partial charge on any atom is 0.246 e. The Morgan fingerprint density at radius 2 is 1.50 bits per heavy atom. The van der Waals surface area contributed by atoms with Gasteiger partial charge in [-0.1, -0.05) is 30.3 Å². The number of piperazine rings is 1. The fraction of sp³-hybridized carbons (Fsp3) is 0.435. The first-order chi connectivity index (χ1) is 15.4. The summed E-state index contributed by atoms with van der Waals surface area (Å²) in [6.45, 7) is 2.38. The molecule has 2 aromatic rings. The molecule has 2 aliphatic rings. The van der Waals surface area contributed by atoms with Gasteiger partial charge in [-0.15, -0.1) is 0 Å². The van der Waals surface area contributed by atoms with Crippen LogP contribution in [-0.2, 0) is 14.8 Å². The molecule has 0 aliphatic carbocycles. The summed E-state index contributed by atoms with van der Waals surface area (Å²) in [4.78, 5) is 16.8. The van der Waals surface area contributed by atoms with E-state index in [1.165, 1.54) is 4.31 Å². The third-order valence-corrected chi connectivity index (χ3v) is 8.10. The molecule has 0 radical (unpaired) electrons. The minimum atomic E-state index is -4.09. The highest BCUT2D eigenvalue weighted by Crippen LogP contribution is 2.28. The Kier molecular flexibility index (Phi) is 6.88. The van der Waals surface area contributed by atoms with Gasteiger partial charge in [-0.25, -0.2) is 17.2 Å². The summed E-state index contributed by atoms with van der Waals surface area (Å²) in [5, 5.41) is 0. The molecule has 32 heavy (non-hydrogen) atoms. The van der Waals surface area contributed by atoms with Crippen LogP contribution in [0.15, 0.2) is 53.4 Å². The van der Waals surface area contributed by atoms with Gasteiger partial charge in [0.1, 0.15) is 22.6 Å². The first-order valence-corrected chi connectivity index (χ1v) is 12.3. The molecule has 2 aliphatic heterocycles. The van der Waals surface area contributed by atoms with E-state index in [-0.39, 0.29) is 19.0 Å². The number of nitrogens with zero attached hydrogens (tertiary/aromatic N) is 3. The molecule has 1 amide bonds. The van der Waals surface area contributed by atoms with E-state index in [0.29, 0.717) is 19.2 Å². The molecule has 2 aromatic carbocycles. The zero-order valence-electron chi connectivity index (χ0n) is 17.8. The maximum atomic E-state index is 14.1. The van der Waals surface area contributed by atoms with E-state index in [9.17, 15) is 22.0 Å². The lowest BCUT2D eigenvalue weighted by atomic mass is 10.0. The van der Waals surface area contributed by atoms with Crippen LogP contribution in [0, 0.1) is 11.6 Å². The summed E-state index contributed by atoms with van der Waals surface area (Å²) >= 11 is 0. The summed E-state index contributed by atoms with van der Waals surface area (Å²) in [7, 11) is -4.09. The number of carbonyl (C=O) groups is 1. The summed E-state index contributed by atoms with van der Waals surface area (Å²) in [5.74, 6) is -1.89. The summed E-state index contributed by atoms with van der Waals surface area (Å²) in [5.41, 5.74) is 0.879. The summed E-state index contributed by atoms with van der Waals surface area (Å²) in [6.07, 6.45) is 3.10. The number of rotatable bonds is 5. The van der Waals surface area contributed by atoms with Crippen molar-refractivity contribution in [1.29, 1.82) is 0 Å². The zero-order valence-corrected chi connectivity index (χ0v) is 18.6. The normalized spacial score (nSPS) is 19.6. The second kappa shape index (κ2) is 9.64. The van der Waals surface area contributed by atoms with Crippen molar-refractivity contribution in [3.8, 4) is 0 Å². The smallest absolute Gasteiger partial charge is 0.246 e. The van der Waals surface area contributed by atoms with E-state index in [4.69, 9.17) is 0 Å². The van der Waals surface area contributed by atoms with Gasteiger partial charge in [-0.3, -0.25) is 9.69 Å². The Morgan fingerprint density at radius 3 is 2.12 bits per heavy atom. The molecule has 0 aromatic heterocycles. The number of carbonyl (C=O) groups excluding carboxylic acids is 1. The predicted molar refractivity (Wildman–Crippen MR) is 116 cm³/mol. The molecule has 2 heterocycles. The van der Waals surface area contributed by atoms with Crippen LogP contribution in [0.4, 0.5) is 8.78 Å². The van der Waals surface area contributed by atoms with E-state index in [0.717, 1.165) is 50.0 Å². The molecular formula is C23H27F2N3O3S. The van der Waals surface area contributed by atoms with Gasteiger partial charge in [0, 0.05) is 45.3 Å². The highest BCUT2D eigenvalue weighted by Gasteiger charge is 2.37. The second-order valence-corrected chi connectivity index (χ2v) is 10.1. The molecule has 1 atom stereocenters. The highest BCUT2D eigenvalue weighted by molar-refractivity contribution is 7.89. The number of sulfonamides is 1. The number of benzene rings is 2. The van der Waals surface area contributed by atoms with Crippen molar-refractivity contribution < 1.29 is 22.0 Å². The van der Waals surface area contributed by atoms with Crippen molar-refractivity contribution in [3.63, 3.8) is 0 Å². The third kappa shape index (κ3) is 4.69. The average molecular weight is 464 g/mol. The summed E-state index contributed by atoms with van der Waals surface area (Å²) < 4.78 is 54.4. The van der Waals surface area contributed by atoms with Gasteiger partial charge in [0.2, 0.25) is 15.9 Å². The molecule has 6 nitrogen and oxygen atoms in total. The van der Waals surface area contributed by atoms with Crippen molar-refractivity contribution in [2.45, 2.75) is 30.2 Å². The van der Waals surface area contributed by atoms with Crippen LogP contribution >= 0.6 is 0 Å². The number of piperidine rings is 1. The van der Waals surface area contributed by atoms with Crippen LogP contribution in [0.25, 0.3) is 0 Å². The van der Waals surface area contributed by atoms with Crippen molar-refractivity contribution in [2.24, 2.45) is 0 Å². The number of hydrogen-bond donors (Lipinski definition) is 0. The molecule has 2 fully saturated rings. The largest absolute Gasteiger partial charge is 0.341 e. The van der Waals surface area contributed by atoms with Crippen LogP contribution in [0.3, 0.4) is 0 Å². The molecule has 1 unspecified atom stereocenters. The van der Waals surface area contributed by atoms with Gasteiger partial charge in [0.15, 0.2) is 0 Å². The van der Waals surface area contributed by atoms with Gasteiger partial charge in [0.05, 0.1) is 0 Å². The number of halogens is 2. The molecule has 172 valence electrons. The van der Waals surface area contributed by atoms with Crippen molar-refractivity contribution >= 4 is 15.9 Å². The second-order valence-electron chi connectivity index (χ2n) is 8.21. The minimum Gasteiger partial charge on any atom is -0.341 e. The van der Waals surface area contributed by atoms with Crippen LogP contribution in [-0.4, -0.2) is 67.7 Å². The standard InChI is InChI=1S/C23H27F2N3O3S/c24-19-9-10-21(20(25)17-19)32(30,31)28-15-13-26(14-16-28)22(18-7-3-1-4-8-18)23(29)27-11-5-2-6-12-27/h1,3-4,7-10,17,22H,2,5-6,11-16H2. The molecule has 9 heteroatoms. The summed E-state index contributed by atoms with van der Waals surface area (Å²) in [6, 6.07) is 11.5. The Balaban J connectivity index is 1.52. The molecule has 2 saturated heterocycles. The Morgan fingerprint density at radius 1 is 0.844 bits per heavy atom. The number of amides is 1. The van der Waals surface area contributed by atoms with Crippen LogP contribution in [0.1, 0.15) is 30.9 Å². The molecular weight excluding hydrogens is 436 g/mol. The minimum absolute atomic E-state index is 0.0387. The molecule has 0 saturated carbocycles. The van der Waals surface area contributed by atoms with Crippen molar-refractivity contribution in [1.82, 2.24) is 14.1 Å². The lowest BCUT2D eigenvalue weighted by molar-refractivity contribution is -0.138. The first kappa shape index (κ1) is 22.8. The number of likely N-dealkylation sites (tertiary alicyclic amines) is 1. The average Bonchev–Trinajstić information content (AvgIpc) is 2.80. The van der Waals surface area contributed by atoms with Gasteiger partial charge in [-0.2, -0.15) is 4.31 Å². The van der Waals surface area contributed by atoms with E-state index in [2.05, 4.69) is 0 Å². The van der Waals surface area contributed by atoms with Gasteiger partial charge in [-0.05, 0) is 37.0 Å². The fourth-order valence-electron chi connectivity index (χ4n) is 4.46. The van der Waals surface area contributed by atoms with Gasteiger partial charge < -0.3 is 4.90 Å². The zero-order chi connectivity index (χ0) is 22.7. The van der Waals surface area contributed by atoms with Gasteiger partial charge >= 0.3 is 0 Å². The Bertz CT molecular complexity index is 1050. The maximum absolute atomic E-state index is 14.1.